The van der Waals surface area contributed by atoms with Crippen molar-refractivity contribution in [3.8, 4) is 0 Å². The molecule has 1 fully saturated rings. The molecule has 0 aromatic heterocycles. The topological polar surface area (TPSA) is 66.4 Å². The second kappa shape index (κ2) is 6.36. The van der Waals surface area contributed by atoms with Crippen LogP contribution in [-0.2, 0) is 16.0 Å². The molecule has 1 aromatic carbocycles. The van der Waals surface area contributed by atoms with Gasteiger partial charge in [-0.15, -0.1) is 0 Å². The number of benzene rings is 1. The van der Waals surface area contributed by atoms with Gasteiger partial charge in [-0.2, -0.15) is 0 Å². The first kappa shape index (κ1) is 13.6. The summed E-state index contributed by atoms with van der Waals surface area (Å²) < 4.78 is 0. The van der Waals surface area contributed by atoms with E-state index < -0.39 is 12.0 Å². The van der Waals surface area contributed by atoms with Crippen molar-refractivity contribution in [1.29, 1.82) is 0 Å². The molecule has 1 aliphatic carbocycles. The minimum absolute atomic E-state index is 0.183. The van der Waals surface area contributed by atoms with Crippen LogP contribution >= 0.6 is 0 Å². The maximum Gasteiger partial charge on any atom is 0.326 e. The fourth-order valence-corrected chi connectivity index (χ4v) is 2.08. The number of hydrogen-bond donors (Lipinski definition) is 2. The number of amides is 1. The molecule has 1 unspecified atom stereocenters. The minimum Gasteiger partial charge on any atom is -0.480 e. The highest BCUT2D eigenvalue weighted by Crippen LogP contribution is 2.33. The molecule has 102 valence electrons. The normalized spacial score (nSPS) is 15.8. The van der Waals surface area contributed by atoms with Crippen LogP contribution in [0.25, 0.3) is 0 Å². The number of nitrogens with one attached hydrogen (secondary N) is 1. The van der Waals surface area contributed by atoms with Crippen molar-refractivity contribution in [1.82, 2.24) is 5.32 Å². The van der Waals surface area contributed by atoms with E-state index in [2.05, 4.69) is 5.32 Å². The molecular weight excluding hydrogens is 242 g/mol. The van der Waals surface area contributed by atoms with E-state index in [0.29, 0.717) is 25.2 Å². The van der Waals surface area contributed by atoms with Gasteiger partial charge in [0.05, 0.1) is 0 Å². The summed E-state index contributed by atoms with van der Waals surface area (Å²) in [6.07, 6.45) is 3.71. The lowest BCUT2D eigenvalue weighted by molar-refractivity contribution is -0.142. The number of rotatable bonds is 7. The number of aryl methyl sites for hydroxylation is 1. The van der Waals surface area contributed by atoms with E-state index in [-0.39, 0.29) is 5.91 Å². The van der Waals surface area contributed by atoms with Crippen LogP contribution in [0, 0.1) is 5.92 Å². The van der Waals surface area contributed by atoms with Crippen molar-refractivity contribution >= 4 is 11.9 Å². The lowest BCUT2D eigenvalue weighted by Crippen LogP contribution is -2.41. The molecule has 0 aliphatic heterocycles. The summed E-state index contributed by atoms with van der Waals surface area (Å²) in [7, 11) is 0. The van der Waals surface area contributed by atoms with E-state index in [1.54, 1.807) is 0 Å². The van der Waals surface area contributed by atoms with Crippen LogP contribution < -0.4 is 5.32 Å². The molecular formula is C15H19NO3. The maximum atomic E-state index is 11.8. The fourth-order valence-electron chi connectivity index (χ4n) is 2.08. The molecule has 0 radical (unpaired) electrons. The summed E-state index contributed by atoms with van der Waals surface area (Å²) in [6, 6.07) is 8.99. The molecule has 1 atom stereocenters. The Labute approximate surface area is 112 Å². The average Bonchev–Trinajstić information content (AvgIpc) is 3.21. The van der Waals surface area contributed by atoms with Crippen LogP contribution in [-0.4, -0.2) is 23.0 Å². The molecule has 1 aliphatic rings. The summed E-state index contributed by atoms with van der Waals surface area (Å²) in [5.41, 5.74) is 1.09. The first-order chi connectivity index (χ1) is 9.15. The average molecular weight is 261 g/mol. The zero-order valence-electron chi connectivity index (χ0n) is 10.8. The molecule has 0 bridgehead atoms. The Bertz CT molecular complexity index is 440. The maximum absolute atomic E-state index is 11.8. The molecule has 0 heterocycles. The fraction of sp³-hybridized carbons (Fsp3) is 0.467. The molecule has 4 heteroatoms. The van der Waals surface area contributed by atoms with Crippen LogP contribution in [0.4, 0.5) is 0 Å². The molecule has 2 rings (SSSR count). The van der Waals surface area contributed by atoms with Gasteiger partial charge in [0.25, 0.3) is 0 Å². The third-order valence-electron chi connectivity index (χ3n) is 3.38. The van der Waals surface area contributed by atoms with Crippen LogP contribution in [0.5, 0.6) is 0 Å². The van der Waals surface area contributed by atoms with E-state index >= 15 is 0 Å². The first-order valence-corrected chi connectivity index (χ1v) is 6.71. The Hall–Kier alpha value is -1.84. The van der Waals surface area contributed by atoms with Gasteiger partial charge in [-0.1, -0.05) is 43.2 Å². The van der Waals surface area contributed by atoms with Gasteiger partial charge in [-0.25, -0.2) is 4.79 Å². The van der Waals surface area contributed by atoms with E-state index in [0.717, 1.165) is 18.4 Å². The van der Waals surface area contributed by atoms with Crippen molar-refractivity contribution < 1.29 is 14.7 Å². The third-order valence-corrected chi connectivity index (χ3v) is 3.38. The van der Waals surface area contributed by atoms with Gasteiger partial charge in [0.1, 0.15) is 6.04 Å². The predicted octanol–water partition coefficient (Wildman–Crippen LogP) is 1.99. The van der Waals surface area contributed by atoms with Crippen LogP contribution in [0.2, 0.25) is 0 Å². The number of aliphatic carboxylic acids is 1. The largest absolute Gasteiger partial charge is 0.480 e. The molecule has 1 aromatic rings. The zero-order chi connectivity index (χ0) is 13.7. The molecule has 0 spiro atoms. The summed E-state index contributed by atoms with van der Waals surface area (Å²) >= 11 is 0. The van der Waals surface area contributed by atoms with Gasteiger partial charge in [0, 0.05) is 6.42 Å². The van der Waals surface area contributed by atoms with Crippen molar-refractivity contribution in [3.63, 3.8) is 0 Å². The quantitative estimate of drug-likeness (QED) is 0.788. The van der Waals surface area contributed by atoms with Crippen molar-refractivity contribution in [3.05, 3.63) is 35.9 Å². The zero-order valence-corrected chi connectivity index (χ0v) is 10.8. The predicted molar refractivity (Wildman–Crippen MR) is 71.7 cm³/mol. The van der Waals surface area contributed by atoms with Gasteiger partial charge >= 0.3 is 5.97 Å². The van der Waals surface area contributed by atoms with Gasteiger partial charge in [0.15, 0.2) is 0 Å². The number of hydrogen-bond acceptors (Lipinski definition) is 2. The van der Waals surface area contributed by atoms with Crippen molar-refractivity contribution in [2.45, 2.75) is 38.1 Å². The van der Waals surface area contributed by atoms with E-state index in [9.17, 15) is 9.59 Å². The van der Waals surface area contributed by atoms with Crippen LogP contribution in [0.1, 0.15) is 31.2 Å². The Balaban J connectivity index is 1.77. The lowest BCUT2D eigenvalue weighted by atomic mass is 10.1. The SMILES string of the molecule is O=C(CCc1ccccc1)NC(CC1CC1)C(=O)O. The van der Waals surface area contributed by atoms with Gasteiger partial charge in [0.2, 0.25) is 5.91 Å². The summed E-state index contributed by atoms with van der Waals surface area (Å²) in [4.78, 5) is 22.8. The Morgan fingerprint density at radius 3 is 2.53 bits per heavy atom. The molecule has 19 heavy (non-hydrogen) atoms. The summed E-state index contributed by atoms with van der Waals surface area (Å²) in [5.74, 6) is -0.632. The highest BCUT2D eigenvalue weighted by atomic mass is 16.4. The monoisotopic (exact) mass is 261 g/mol. The second-order valence-electron chi connectivity index (χ2n) is 5.12. The minimum atomic E-state index is -0.931. The molecule has 1 saturated carbocycles. The first-order valence-electron chi connectivity index (χ1n) is 6.71. The van der Waals surface area contributed by atoms with Crippen molar-refractivity contribution in [2.75, 3.05) is 0 Å². The van der Waals surface area contributed by atoms with Crippen LogP contribution in [0.3, 0.4) is 0 Å². The van der Waals surface area contributed by atoms with Crippen LogP contribution in [0.15, 0.2) is 30.3 Å². The van der Waals surface area contributed by atoms with Gasteiger partial charge < -0.3 is 10.4 Å². The molecule has 0 saturated heterocycles. The Kier molecular flexibility index (Phi) is 4.55. The molecule has 2 N–H and O–H groups in total. The molecule has 1 amide bonds. The molecule has 4 nitrogen and oxygen atoms in total. The van der Waals surface area contributed by atoms with E-state index in [4.69, 9.17) is 5.11 Å². The van der Waals surface area contributed by atoms with Gasteiger partial charge in [-0.05, 0) is 24.3 Å². The van der Waals surface area contributed by atoms with Gasteiger partial charge in [-0.3, -0.25) is 4.79 Å². The van der Waals surface area contributed by atoms with Crippen molar-refractivity contribution in [2.24, 2.45) is 5.92 Å². The second-order valence-corrected chi connectivity index (χ2v) is 5.12. The standard InChI is InChI=1S/C15H19NO3/c17-14(9-8-11-4-2-1-3-5-11)16-13(15(18)19)10-12-6-7-12/h1-5,12-13H,6-10H2,(H,16,17)(H,18,19). The van der Waals surface area contributed by atoms with E-state index in [1.807, 2.05) is 30.3 Å². The number of carbonyl (C=O) groups excluding carboxylic acids is 1. The number of carboxylic acids is 1. The number of carbonyl (C=O) groups is 2. The third kappa shape index (κ3) is 4.73. The van der Waals surface area contributed by atoms with E-state index in [1.165, 1.54) is 0 Å². The Morgan fingerprint density at radius 2 is 1.95 bits per heavy atom. The Morgan fingerprint density at radius 1 is 1.26 bits per heavy atom. The number of carboxylic acid groups (broad SMARTS) is 1. The lowest BCUT2D eigenvalue weighted by Gasteiger charge is -2.14. The highest BCUT2D eigenvalue weighted by molar-refractivity contribution is 5.83. The highest BCUT2D eigenvalue weighted by Gasteiger charge is 2.29. The summed E-state index contributed by atoms with van der Waals surface area (Å²) in [6.45, 7) is 0. The smallest absolute Gasteiger partial charge is 0.326 e. The summed E-state index contributed by atoms with van der Waals surface area (Å²) in [5, 5.41) is 11.7.